The topological polar surface area (TPSA) is 97.4 Å². The number of halogens is 1. The summed E-state index contributed by atoms with van der Waals surface area (Å²) in [7, 11) is 0. The van der Waals surface area contributed by atoms with Gasteiger partial charge in [0.05, 0.1) is 17.6 Å². The molecule has 0 saturated carbocycles. The van der Waals surface area contributed by atoms with Crippen LogP contribution in [0.5, 0.6) is 0 Å². The molecule has 0 atom stereocenters. The minimum atomic E-state index is -0.372. The van der Waals surface area contributed by atoms with Gasteiger partial charge < -0.3 is 14.2 Å². The number of hydrogen-bond acceptors (Lipinski definition) is 7. The van der Waals surface area contributed by atoms with Crippen molar-refractivity contribution in [2.24, 2.45) is 0 Å². The summed E-state index contributed by atoms with van der Waals surface area (Å²) in [6.45, 7) is 2.16. The summed E-state index contributed by atoms with van der Waals surface area (Å²) in [5.74, 6) is 0.904. The predicted molar refractivity (Wildman–Crippen MR) is 132 cm³/mol. The van der Waals surface area contributed by atoms with Gasteiger partial charge in [-0.05, 0) is 24.3 Å². The lowest BCUT2D eigenvalue weighted by Crippen LogP contribution is -2.49. The second-order valence-electron chi connectivity index (χ2n) is 8.13. The largest absolute Gasteiger partial charge is 0.421 e. The molecule has 0 aliphatic carbocycles. The molecule has 0 spiro atoms. The SMILES string of the molecule is O=C(CCc1nnc(-c2ccccc2)o1)N1CCN(c2cnn(-c3ccccc3)c(=O)c2Cl)CC1. The summed E-state index contributed by atoms with van der Waals surface area (Å²) in [6, 6.07) is 18.7. The fraction of sp³-hybridized carbons (Fsp3) is 0.240. The Balaban J connectivity index is 1.17. The van der Waals surface area contributed by atoms with Gasteiger partial charge >= 0.3 is 0 Å². The summed E-state index contributed by atoms with van der Waals surface area (Å²) in [4.78, 5) is 29.3. The number of nitrogens with zero attached hydrogens (tertiary/aromatic N) is 6. The first kappa shape index (κ1) is 22.8. The minimum Gasteiger partial charge on any atom is -0.421 e. The first-order chi connectivity index (χ1) is 17.1. The Morgan fingerprint density at radius 3 is 2.34 bits per heavy atom. The van der Waals surface area contributed by atoms with Crippen LogP contribution in [0.2, 0.25) is 5.02 Å². The minimum absolute atomic E-state index is 0.0211. The molecule has 35 heavy (non-hydrogen) atoms. The number of para-hydroxylation sites is 1. The quantitative estimate of drug-likeness (QED) is 0.409. The van der Waals surface area contributed by atoms with Crippen LogP contribution in [-0.4, -0.2) is 57.0 Å². The van der Waals surface area contributed by atoms with Crippen LogP contribution in [0.25, 0.3) is 17.1 Å². The average Bonchev–Trinajstić information content (AvgIpc) is 3.39. The van der Waals surface area contributed by atoms with E-state index in [4.69, 9.17) is 16.0 Å². The third-order valence-electron chi connectivity index (χ3n) is 5.91. The van der Waals surface area contributed by atoms with Crippen molar-refractivity contribution in [3.8, 4) is 17.1 Å². The number of anilines is 1. The van der Waals surface area contributed by atoms with Gasteiger partial charge in [0.25, 0.3) is 5.56 Å². The van der Waals surface area contributed by atoms with Gasteiger partial charge in [-0.25, -0.2) is 0 Å². The van der Waals surface area contributed by atoms with Gasteiger partial charge in [-0.1, -0.05) is 48.0 Å². The van der Waals surface area contributed by atoms with Crippen LogP contribution in [0.4, 0.5) is 5.69 Å². The van der Waals surface area contributed by atoms with Gasteiger partial charge in [-0.3, -0.25) is 9.59 Å². The van der Waals surface area contributed by atoms with E-state index in [9.17, 15) is 9.59 Å². The fourth-order valence-electron chi connectivity index (χ4n) is 4.02. The molecule has 1 aliphatic heterocycles. The summed E-state index contributed by atoms with van der Waals surface area (Å²) >= 11 is 6.43. The van der Waals surface area contributed by atoms with Gasteiger partial charge in [0.1, 0.15) is 5.02 Å². The molecule has 1 fully saturated rings. The highest BCUT2D eigenvalue weighted by atomic mass is 35.5. The molecule has 1 amide bonds. The van der Waals surface area contributed by atoms with Gasteiger partial charge in [0, 0.05) is 44.6 Å². The number of hydrogen-bond donors (Lipinski definition) is 0. The average molecular weight is 491 g/mol. The van der Waals surface area contributed by atoms with Crippen molar-refractivity contribution in [2.75, 3.05) is 31.1 Å². The lowest BCUT2D eigenvalue weighted by molar-refractivity contribution is -0.131. The Kier molecular flexibility index (Phi) is 6.58. The van der Waals surface area contributed by atoms with E-state index in [2.05, 4.69) is 15.3 Å². The standard InChI is InChI=1S/C25H23ClN6O3/c26-23-20(17-27-32(25(23)34)19-9-5-2-6-10-19)30-13-15-31(16-14-30)22(33)12-11-21-28-29-24(35-21)18-7-3-1-4-8-18/h1-10,17H,11-16H2. The van der Waals surface area contributed by atoms with Crippen LogP contribution in [0.15, 0.2) is 76.1 Å². The number of aryl methyl sites for hydroxylation is 1. The van der Waals surface area contributed by atoms with Gasteiger partial charge in [0.15, 0.2) is 0 Å². The first-order valence-electron chi connectivity index (χ1n) is 11.3. The van der Waals surface area contributed by atoms with Crippen molar-refractivity contribution in [2.45, 2.75) is 12.8 Å². The lowest BCUT2D eigenvalue weighted by Gasteiger charge is -2.36. The third-order valence-corrected chi connectivity index (χ3v) is 6.27. The zero-order chi connectivity index (χ0) is 24.2. The zero-order valence-corrected chi connectivity index (χ0v) is 19.6. The molecule has 0 unspecified atom stereocenters. The van der Waals surface area contributed by atoms with Crippen LogP contribution in [-0.2, 0) is 11.2 Å². The fourth-order valence-corrected chi connectivity index (χ4v) is 4.27. The molecule has 0 N–H and O–H groups in total. The van der Waals surface area contributed by atoms with Crippen LogP contribution in [0, 0.1) is 0 Å². The van der Waals surface area contributed by atoms with E-state index in [-0.39, 0.29) is 22.9 Å². The number of benzene rings is 2. The van der Waals surface area contributed by atoms with Crippen LogP contribution in [0.1, 0.15) is 12.3 Å². The van der Waals surface area contributed by atoms with Crippen molar-refractivity contribution < 1.29 is 9.21 Å². The molecule has 2 aromatic heterocycles. The Labute approximate surface area is 206 Å². The van der Waals surface area contributed by atoms with Gasteiger partial charge in [0.2, 0.25) is 17.7 Å². The molecule has 10 heteroatoms. The van der Waals surface area contributed by atoms with E-state index < -0.39 is 0 Å². The maximum absolute atomic E-state index is 12.8. The molecule has 0 radical (unpaired) electrons. The molecule has 2 aromatic carbocycles. The number of piperazine rings is 1. The highest BCUT2D eigenvalue weighted by molar-refractivity contribution is 6.33. The molecular formula is C25H23ClN6O3. The predicted octanol–water partition coefficient (Wildman–Crippen LogP) is 3.22. The van der Waals surface area contributed by atoms with Gasteiger partial charge in [-0.15, -0.1) is 10.2 Å². The van der Waals surface area contributed by atoms with E-state index in [0.717, 1.165) is 5.56 Å². The van der Waals surface area contributed by atoms with E-state index >= 15 is 0 Å². The van der Waals surface area contributed by atoms with Crippen molar-refractivity contribution in [1.82, 2.24) is 24.9 Å². The number of rotatable bonds is 6. The van der Waals surface area contributed by atoms with Crippen LogP contribution < -0.4 is 10.5 Å². The lowest BCUT2D eigenvalue weighted by atomic mass is 10.2. The normalized spacial score (nSPS) is 13.7. The summed E-state index contributed by atoms with van der Waals surface area (Å²) in [6.07, 6.45) is 2.27. The van der Waals surface area contributed by atoms with Crippen LogP contribution in [0.3, 0.4) is 0 Å². The van der Waals surface area contributed by atoms with Crippen molar-refractivity contribution in [3.63, 3.8) is 0 Å². The summed E-state index contributed by atoms with van der Waals surface area (Å²) < 4.78 is 6.98. The Morgan fingerprint density at radius 2 is 1.63 bits per heavy atom. The van der Waals surface area contributed by atoms with E-state index in [0.29, 0.717) is 55.8 Å². The van der Waals surface area contributed by atoms with Crippen LogP contribution >= 0.6 is 11.6 Å². The monoisotopic (exact) mass is 490 g/mol. The third kappa shape index (κ3) is 4.95. The van der Waals surface area contributed by atoms with Crippen molar-refractivity contribution in [3.05, 3.63) is 88.1 Å². The Morgan fingerprint density at radius 1 is 0.943 bits per heavy atom. The molecule has 0 bridgehead atoms. The molecule has 4 aromatic rings. The maximum Gasteiger partial charge on any atom is 0.292 e. The highest BCUT2D eigenvalue weighted by Gasteiger charge is 2.24. The second-order valence-corrected chi connectivity index (χ2v) is 8.51. The summed E-state index contributed by atoms with van der Waals surface area (Å²) in [5.41, 5.74) is 1.70. The molecule has 9 nitrogen and oxygen atoms in total. The number of carbonyl (C=O) groups excluding carboxylic acids is 1. The first-order valence-corrected chi connectivity index (χ1v) is 11.7. The summed E-state index contributed by atoms with van der Waals surface area (Å²) in [5, 5.41) is 12.5. The van der Waals surface area contributed by atoms with Crippen molar-refractivity contribution >= 4 is 23.2 Å². The smallest absolute Gasteiger partial charge is 0.292 e. The molecule has 1 saturated heterocycles. The van der Waals surface area contributed by atoms with E-state index in [1.54, 1.807) is 23.2 Å². The van der Waals surface area contributed by atoms with Gasteiger partial charge in [-0.2, -0.15) is 9.78 Å². The molecule has 5 rings (SSSR count). The number of amides is 1. The van der Waals surface area contributed by atoms with Crippen molar-refractivity contribution in [1.29, 1.82) is 0 Å². The van der Waals surface area contributed by atoms with E-state index in [1.807, 2.05) is 53.4 Å². The van der Waals surface area contributed by atoms with E-state index in [1.165, 1.54) is 4.68 Å². The number of carbonyl (C=O) groups is 1. The maximum atomic E-state index is 12.8. The molecule has 1 aliphatic rings. The zero-order valence-electron chi connectivity index (χ0n) is 18.9. The Bertz CT molecular complexity index is 1360. The Hall–Kier alpha value is -3.98. The molecular weight excluding hydrogens is 468 g/mol. The second kappa shape index (κ2) is 10.1. The number of aromatic nitrogens is 4. The molecule has 3 heterocycles. The molecule has 178 valence electrons. The highest BCUT2D eigenvalue weighted by Crippen LogP contribution is 2.23.